The van der Waals surface area contributed by atoms with E-state index in [1.54, 1.807) is 25.2 Å². The van der Waals surface area contributed by atoms with Crippen molar-refractivity contribution in [2.45, 2.75) is 58.2 Å². The second-order valence-electron chi connectivity index (χ2n) is 9.42. The molecular formula is C27H36F3N7O. The Morgan fingerprint density at radius 2 is 1.87 bits per heavy atom. The van der Waals surface area contributed by atoms with E-state index < -0.39 is 12.0 Å². The molecule has 1 aliphatic carbocycles. The molecule has 11 heteroatoms. The number of alkyl halides is 3. The van der Waals surface area contributed by atoms with Gasteiger partial charge in [-0.05, 0) is 81.6 Å². The molecule has 0 fully saturated rings. The highest BCUT2D eigenvalue weighted by atomic mass is 19.4. The summed E-state index contributed by atoms with van der Waals surface area (Å²) in [5, 5.41) is 9.75. The number of hydrogen-bond acceptors (Lipinski definition) is 7. The number of nitrogens with zero attached hydrogens (tertiary/aromatic N) is 5. The van der Waals surface area contributed by atoms with E-state index in [2.05, 4.69) is 50.5 Å². The molecule has 1 atom stereocenters. The molecule has 4 rings (SSSR count). The lowest BCUT2D eigenvalue weighted by molar-refractivity contribution is -0.144. The predicted molar refractivity (Wildman–Crippen MR) is 141 cm³/mol. The first-order valence-electron chi connectivity index (χ1n) is 13.2. The van der Waals surface area contributed by atoms with Crippen LogP contribution in [-0.4, -0.2) is 64.0 Å². The quantitative estimate of drug-likeness (QED) is 0.266. The summed E-state index contributed by atoms with van der Waals surface area (Å²) in [5.74, 6) is -0.845. The fraction of sp³-hybridized carbons (Fsp3) is 0.519. The summed E-state index contributed by atoms with van der Waals surface area (Å²) in [7, 11) is 1.80. The Hall–Kier alpha value is -3.18. The number of pyridine rings is 1. The van der Waals surface area contributed by atoms with Crippen LogP contribution >= 0.6 is 0 Å². The Bertz CT molecular complexity index is 1200. The monoisotopic (exact) mass is 531 g/mol. The van der Waals surface area contributed by atoms with Gasteiger partial charge in [-0.1, -0.05) is 26.0 Å². The van der Waals surface area contributed by atoms with Crippen molar-refractivity contribution in [2.75, 3.05) is 38.6 Å². The topological polar surface area (TPSA) is 80.1 Å². The molecule has 2 heterocycles. The highest BCUT2D eigenvalue weighted by Gasteiger charge is 2.37. The Labute approximate surface area is 221 Å². The fourth-order valence-electron chi connectivity index (χ4n) is 4.88. The lowest BCUT2D eigenvalue weighted by Crippen LogP contribution is -2.36. The molecule has 0 aliphatic heterocycles. The summed E-state index contributed by atoms with van der Waals surface area (Å²) in [6.07, 6.45) is 0.502. The third kappa shape index (κ3) is 6.82. The molecule has 0 spiro atoms. The van der Waals surface area contributed by atoms with E-state index in [-0.39, 0.29) is 17.6 Å². The van der Waals surface area contributed by atoms with Gasteiger partial charge in [-0.25, -0.2) is 0 Å². The number of benzene rings is 1. The van der Waals surface area contributed by atoms with E-state index in [9.17, 15) is 13.2 Å². The highest BCUT2D eigenvalue weighted by Crippen LogP contribution is 2.31. The van der Waals surface area contributed by atoms with Gasteiger partial charge in [0.25, 0.3) is 5.82 Å². The Morgan fingerprint density at radius 3 is 2.58 bits per heavy atom. The highest BCUT2D eigenvalue weighted by molar-refractivity contribution is 5.58. The zero-order valence-corrected chi connectivity index (χ0v) is 22.2. The smallest absolute Gasteiger partial charge is 0.453 e. The van der Waals surface area contributed by atoms with Crippen LogP contribution in [0.2, 0.25) is 0 Å². The van der Waals surface area contributed by atoms with Crippen LogP contribution in [0, 0.1) is 0 Å². The SMILES string of the molecule is CCCN(CC)C1CCc2ccc(Nc3nc(C(F)(F)F)nn3-c3cccc(OCCNC)n3)cc2CC1. The standard InChI is InChI=1S/C27H36F3N7O/c1-4-16-36(5-2)22-13-10-19-9-12-21(18-20(19)11-14-22)32-26-34-25(27(28,29)30)35-37(26)23-7-6-8-24(33-23)38-17-15-31-3/h6-9,12,18,22,31H,4-5,10-11,13-17H2,1-3H3,(H,32,34,35). The number of rotatable bonds is 11. The molecule has 2 aromatic heterocycles. The lowest BCUT2D eigenvalue weighted by Gasteiger charge is -2.29. The van der Waals surface area contributed by atoms with Crippen molar-refractivity contribution in [1.82, 2.24) is 30.0 Å². The zero-order chi connectivity index (χ0) is 27.1. The molecule has 0 saturated carbocycles. The van der Waals surface area contributed by atoms with E-state index >= 15 is 0 Å². The van der Waals surface area contributed by atoms with Gasteiger partial charge in [0, 0.05) is 24.3 Å². The second-order valence-corrected chi connectivity index (χ2v) is 9.42. The number of halogens is 3. The van der Waals surface area contributed by atoms with Crippen molar-refractivity contribution in [2.24, 2.45) is 0 Å². The van der Waals surface area contributed by atoms with Crippen molar-refractivity contribution in [3.8, 4) is 11.7 Å². The number of hydrogen-bond donors (Lipinski definition) is 2. The fourth-order valence-corrected chi connectivity index (χ4v) is 4.88. The first-order chi connectivity index (χ1) is 18.3. The summed E-state index contributed by atoms with van der Waals surface area (Å²) in [4.78, 5) is 10.7. The molecule has 0 amide bonds. The maximum absolute atomic E-state index is 13.6. The number of aromatic nitrogens is 4. The lowest BCUT2D eigenvalue weighted by atomic mass is 10.0. The van der Waals surface area contributed by atoms with E-state index in [1.165, 1.54) is 11.1 Å². The van der Waals surface area contributed by atoms with Gasteiger partial charge in [-0.15, -0.1) is 5.10 Å². The number of fused-ring (bicyclic) bond motifs is 1. The minimum atomic E-state index is -4.70. The van der Waals surface area contributed by atoms with Gasteiger partial charge in [0.15, 0.2) is 5.82 Å². The van der Waals surface area contributed by atoms with Crippen LogP contribution in [0.4, 0.5) is 24.8 Å². The number of ether oxygens (including phenoxy) is 1. The molecule has 0 radical (unpaired) electrons. The first-order valence-corrected chi connectivity index (χ1v) is 13.2. The third-order valence-electron chi connectivity index (χ3n) is 6.78. The van der Waals surface area contributed by atoms with E-state index in [0.717, 1.165) is 49.9 Å². The van der Waals surface area contributed by atoms with Gasteiger partial charge >= 0.3 is 6.18 Å². The second kappa shape index (κ2) is 12.6. The van der Waals surface area contributed by atoms with Crippen molar-refractivity contribution in [3.05, 3.63) is 53.3 Å². The van der Waals surface area contributed by atoms with Crippen LogP contribution in [0.5, 0.6) is 5.88 Å². The molecule has 2 N–H and O–H groups in total. The molecule has 1 aromatic carbocycles. The largest absolute Gasteiger partial charge is 0.476 e. The minimum absolute atomic E-state index is 0.0660. The molecule has 8 nitrogen and oxygen atoms in total. The predicted octanol–water partition coefficient (Wildman–Crippen LogP) is 5.00. The summed E-state index contributed by atoms with van der Waals surface area (Å²) in [5.41, 5.74) is 3.16. The Morgan fingerprint density at radius 1 is 1.08 bits per heavy atom. The molecule has 0 bridgehead atoms. The van der Waals surface area contributed by atoms with Crippen LogP contribution < -0.4 is 15.4 Å². The minimum Gasteiger partial charge on any atom is -0.476 e. The van der Waals surface area contributed by atoms with Crippen LogP contribution in [0.3, 0.4) is 0 Å². The average molecular weight is 532 g/mol. The van der Waals surface area contributed by atoms with Gasteiger partial charge in [0.2, 0.25) is 11.8 Å². The van der Waals surface area contributed by atoms with Gasteiger partial charge in [0.05, 0.1) is 0 Å². The summed E-state index contributed by atoms with van der Waals surface area (Å²) in [6, 6.07) is 11.4. The Balaban J connectivity index is 1.58. The molecule has 0 saturated heterocycles. The van der Waals surface area contributed by atoms with Crippen molar-refractivity contribution < 1.29 is 17.9 Å². The molecule has 38 heavy (non-hydrogen) atoms. The first kappa shape index (κ1) is 27.8. The van der Waals surface area contributed by atoms with Gasteiger partial charge < -0.3 is 20.3 Å². The van der Waals surface area contributed by atoms with E-state index in [0.29, 0.717) is 24.9 Å². The molecule has 206 valence electrons. The van der Waals surface area contributed by atoms with Crippen LogP contribution in [0.25, 0.3) is 5.82 Å². The van der Waals surface area contributed by atoms with Gasteiger partial charge in [-0.3, -0.25) is 0 Å². The van der Waals surface area contributed by atoms with Crippen molar-refractivity contribution in [1.29, 1.82) is 0 Å². The molecule has 1 aliphatic rings. The van der Waals surface area contributed by atoms with Crippen LogP contribution in [0.15, 0.2) is 36.4 Å². The van der Waals surface area contributed by atoms with E-state index in [4.69, 9.17) is 4.74 Å². The van der Waals surface area contributed by atoms with Crippen LogP contribution in [-0.2, 0) is 19.0 Å². The third-order valence-corrected chi connectivity index (χ3v) is 6.78. The molecule has 1 unspecified atom stereocenters. The van der Waals surface area contributed by atoms with Crippen molar-refractivity contribution >= 4 is 11.6 Å². The maximum Gasteiger partial charge on any atom is 0.453 e. The van der Waals surface area contributed by atoms with Gasteiger partial charge in [-0.2, -0.15) is 27.8 Å². The number of nitrogens with one attached hydrogen (secondary N) is 2. The normalized spacial score (nSPS) is 15.8. The van der Waals surface area contributed by atoms with Crippen molar-refractivity contribution in [3.63, 3.8) is 0 Å². The summed E-state index contributed by atoms with van der Waals surface area (Å²) < 4.78 is 47.3. The number of likely N-dealkylation sites (N-methyl/N-ethyl adjacent to an activating group) is 1. The Kier molecular flexibility index (Phi) is 9.22. The summed E-state index contributed by atoms with van der Waals surface area (Å²) in [6.45, 7) is 7.52. The maximum atomic E-state index is 13.6. The summed E-state index contributed by atoms with van der Waals surface area (Å²) >= 11 is 0. The van der Waals surface area contributed by atoms with Gasteiger partial charge in [0.1, 0.15) is 6.61 Å². The average Bonchev–Trinajstić information content (AvgIpc) is 3.22. The number of anilines is 2. The molecule has 3 aromatic rings. The van der Waals surface area contributed by atoms with Crippen LogP contribution in [0.1, 0.15) is 50.1 Å². The van der Waals surface area contributed by atoms with E-state index in [1.807, 2.05) is 12.1 Å². The zero-order valence-electron chi connectivity index (χ0n) is 22.2. The molecular weight excluding hydrogens is 495 g/mol. The number of aryl methyl sites for hydroxylation is 2.